The molecule has 0 aliphatic rings. The van der Waals surface area contributed by atoms with E-state index in [0.717, 1.165) is 18.8 Å². The molecule has 11 heavy (non-hydrogen) atoms. The van der Waals surface area contributed by atoms with Crippen molar-refractivity contribution in [2.45, 2.75) is 19.8 Å². The minimum absolute atomic E-state index is 0.794. The van der Waals surface area contributed by atoms with E-state index in [0.29, 0.717) is 0 Å². The van der Waals surface area contributed by atoms with Gasteiger partial charge in [0.05, 0.1) is 19.0 Å². The number of hydrogen-bond donors (Lipinski definition) is 0. The molecule has 0 saturated heterocycles. The van der Waals surface area contributed by atoms with Crippen LogP contribution in [0.25, 0.3) is 0 Å². The average Bonchev–Trinajstić information content (AvgIpc) is 2.37. The molecule has 0 aromatic carbocycles. The largest absolute Gasteiger partial charge is 0.490 e. The summed E-state index contributed by atoms with van der Waals surface area (Å²) in [5.74, 6) is 0.862. The molecular formula is C8H14N2O. The minimum atomic E-state index is 0.794. The Morgan fingerprint density at radius 3 is 3.00 bits per heavy atom. The predicted molar refractivity (Wildman–Crippen MR) is 43.6 cm³/mol. The van der Waals surface area contributed by atoms with Gasteiger partial charge in [-0.1, -0.05) is 13.3 Å². The maximum atomic E-state index is 5.38. The first kappa shape index (κ1) is 8.11. The molecule has 0 amide bonds. The monoisotopic (exact) mass is 154 g/mol. The van der Waals surface area contributed by atoms with Crippen molar-refractivity contribution < 1.29 is 4.74 Å². The SMILES string of the molecule is CCCCOc1cnn(C)c1. The maximum Gasteiger partial charge on any atom is 0.157 e. The van der Waals surface area contributed by atoms with Gasteiger partial charge < -0.3 is 4.74 Å². The Morgan fingerprint density at radius 1 is 1.64 bits per heavy atom. The molecule has 1 rings (SSSR count). The average molecular weight is 154 g/mol. The highest BCUT2D eigenvalue weighted by Gasteiger charge is 1.94. The lowest BCUT2D eigenvalue weighted by Gasteiger charge is -1.99. The molecule has 0 unspecified atom stereocenters. The van der Waals surface area contributed by atoms with Gasteiger partial charge in [-0.25, -0.2) is 0 Å². The summed E-state index contributed by atoms with van der Waals surface area (Å²) in [5.41, 5.74) is 0. The Kier molecular flexibility index (Phi) is 2.95. The van der Waals surface area contributed by atoms with Gasteiger partial charge in [0.25, 0.3) is 0 Å². The smallest absolute Gasteiger partial charge is 0.157 e. The first-order valence-electron chi connectivity index (χ1n) is 3.94. The second kappa shape index (κ2) is 4.01. The summed E-state index contributed by atoms with van der Waals surface area (Å²) in [5, 5.41) is 3.99. The van der Waals surface area contributed by atoms with Crippen molar-refractivity contribution in [3.8, 4) is 5.75 Å². The van der Waals surface area contributed by atoms with Crippen molar-refractivity contribution in [3.63, 3.8) is 0 Å². The number of unbranched alkanes of at least 4 members (excludes halogenated alkanes) is 1. The zero-order chi connectivity index (χ0) is 8.10. The van der Waals surface area contributed by atoms with Gasteiger partial charge in [-0.2, -0.15) is 5.10 Å². The van der Waals surface area contributed by atoms with Crippen LogP contribution in [0.3, 0.4) is 0 Å². The van der Waals surface area contributed by atoms with Gasteiger partial charge in [0.2, 0.25) is 0 Å². The van der Waals surface area contributed by atoms with Crippen LogP contribution in [-0.2, 0) is 7.05 Å². The van der Waals surface area contributed by atoms with Gasteiger partial charge in [-0.15, -0.1) is 0 Å². The van der Waals surface area contributed by atoms with Gasteiger partial charge in [-0.3, -0.25) is 4.68 Å². The van der Waals surface area contributed by atoms with Crippen LogP contribution in [0, 0.1) is 0 Å². The Balaban J connectivity index is 2.27. The number of rotatable bonds is 4. The molecule has 0 fully saturated rings. The number of hydrogen-bond acceptors (Lipinski definition) is 2. The first-order valence-corrected chi connectivity index (χ1v) is 3.94. The summed E-state index contributed by atoms with van der Waals surface area (Å²) in [6.45, 7) is 2.94. The summed E-state index contributed by atoms with van der Waals surface area (Å²) in [6, 6.07) is 0. The third kappa shape index (κ3) is 2.62. The van der Waals surface area contributed by atoms with Crippen LogP contribution in [0.4, 0.5) is 0 Å². The molecule has 3 heteroatoms. The molecule has 1 aromatic rings. The highest BCUT2D eigenvalue weighted by atomic mass is 16.5. The highest BCUT2D eigenvalue weighted by molar-refractivity contribution is 5.10. The molecule has 0 spiro atoms. The molecule has 0 N–H and O–H groups in total. The fraction of sp³-hybridized carbons (Fsp3) is 0.625. The second-order valence-electron chi connectivity index (χ2n) is 2.55. The standard InChI is InChI=1S/C8H14N2O/c1-3-4-5-11-8-6-9-10(2)7-8/h6-7H,3-5H2,1-2H3. The van der Waals surface area contributed by atoms with E-state index in [1.54, 1.807) is 10.9 Å². The van der Waals surface area contributed by atoms with Crippen molar-refractivity contribution in [3.05, 3.63) is 12.4 Å². The lowest BCUT2D eigenvalue weighted by atomic mass is 10.4. The van der Waals surface area contributed by atoms with Gasteiger partial charge in [0.15, 0.2) is 5.75 Å². The highest BCUT2D eigenvalue weighted by Crippen LogP contribution is 2.07. The number of nitrogens with zero attached hydrogens (tertiary/aromatic N) is 2. The third-order valence-corrected chi connectivity index (χ3v) is 1.45. The van der Waals surface area contributed by atoms with E-state index >= 15 is 0 Å². The molecule has 0 bridgehead atoms. The number of aryl methyl sites for hydroxylation is 1. The third-order valence-electron chi connectivity index (χ3n) is 1.45. The lowest BCUT2D eigenvalue weighted by molar-refractivity contribution is 0.309. The molecule has 3 nitrogen and oxygen atoms in total. The molecule has 62 valence electrons. The topological polar surface area (TPSA) is 27.1 Å². The molecule has 0 aliphatic carbocycles. The summed E-state index contributed by atoms with van der Waals surface area (Å²) in [4.78, 5) is 0. The number of aromatic nitrogens is 2. The van der Waals surface area contributed by atoms with E-state index in [4.69, 9.17) is 4.74 Å². The normalized spacial score (nSPS) is 10.0. The molecule has 0 aliphatic heterocycles. The summed E-state index contributed by atoms with van der Waals surface area (Å²) in [7, 11) is 1.88. The van der Waals surface area contributed by atoms with E-state index in [9.17, 15) is 0 Å². The second-order valence-corrected chi connectivity index (χ2v) is 2.55. The van der Waals surface area contributed by atoms with E-state index in [1.165, 1.54) is 6.42 Å². The Labute approximate surface area is 67.0 Å². The van der Waals surface area contributed by atoms with Gasteiger partial charge in [0, 0.05) is 7.05 Å². The molecule has 0 saturated carbocycles. The van der Waals surface area contributed by atoms with E-state index in [-0.39, 0.29) is 0 Å². The van der Waals surface area contributed by atoms with Crippen molar-refractivity contribution >= 4 is 0 Å². The van der Waals surface area contributed by atoms with Crippen LogP contribution in [0.1, 0.15) is 19.8 Å². The molecule has 1 aromatic heterocycles. The van der Waals surface area contributed by atoms with Gasteiger partial charge in [-0.05, 0) is 6.42 Å². The fourth-order valence-electron chi connectivity index (χ4n) is 0.808. The van der Waals surface area contributed by atoms with Crippen molar-refractivity contribution in [2.24, 2.45) is 7.05 Å². The van der Waals surface area contributed by atoms with E-state index in [1.807, 2.05) is 13.2 Å². The molecule has 0 atom stereocenters. The van der Waals surface area contributed by atoms with Crippen molar-refractivity contribution in [2.75, 3.05) is 6.61 Å². The maximum absolute atomic E-state index is 5.38. The van der Waals surface area contributed by atoms with E-state index in [2.05, 4.69) is 12.0 Å². The van der Waals surface area contributed by atoms with Gasteiger partial charge in [0.1, 0.15) is 0 Å². The summed E-state index contributed by atoms with van der Waals surface area (Å²) in [6.07, 6.45) is 5.88. The zero-order valence-corrected chi connectivity index (χ0v) is 7.08. The predicted octanol–water partition coefficient (Wildman–Crippen LogP) is 1.60. The van der Waals surface area contributed by atoms with Crippen LogP contribution in [0.5, 0.6) is 5.75 Å². The lowest BCUT2D eigenvalue weighted by Crippen LogP contribution is -1.94. The Morgan fingerprint density at radius 2 is 2.45 bits per heavy atom. The summed E-state index contributed by atoms with van der Waals surface area (Å²) >= 11 is 0. The van der Waals surface area contributed by atoms with Crippen LogP contribution >= 0.6 is 0 Å². The van der Waals surface area contributed by atoms with Crippen molar-refractivity contribution in [1.29, 1.82) is 0 Å². The van der Waals surface area contributed by atoms with Crippen LogP contribution < -0.4 is 4.74 Å². The van der Waals surface area contributed by atoms with Crippen LogP contribution in [0.15, 0.2) is 12.4 Å². The van der Waals surface area contributed by atoms with E-state index < -0.39 is 0 Å². The Hall–Kier alpha value is -0.990. The number of ether oxygens (including phenoxy) is 1. The minimum Gasteiger partial charge on any atom is -0.490 e. The quantitative estimate of drug-likeness (QED) is 0.616. The van der Waals surface area contributed by atoms with Gasteiger partial charge >= 0.3 is 0 Å². The molecule has 0 radical (unpaired) electrons. The fourth-order valence-corrected chi connectivity index (χ4v) is 0.808. The molecular weight excluding hydrogens is 140 g/mol. The zero-order valence-electron chi connectivity index (χ0n) is 7.08. The van der Waals surface area contributed by atoms with Crippen LogP contribution in [-0.4, -0.2) is 16.4 Å². The Bertz CT molecular complexity index is 208. The summed E-state index contributed by atoms with van der Waals surface area (Å²) < 4.78 is 7.12. The molecule has 1 heterocycles. The van der Waals surface area contributed by atoms with Crippen LogP contribution in [0.2, 0.25) is 0 Å². The van der Waals surface area contributed by atoms with Crippen molar-refractivity contribution in [1.82, 2.24) is 9.78 Å². The first-order chi connectivity index (χ1) is 5.33.